The zero-order valence-corrected chi connectivity index (χ0v) is 14.8. The van der Waals surface area contributed by atoms with Crippen molar-refractivity contribution in [2.24, 2.45) is 11.8 Å². The predicted molar refractivity (Wildman–Crippen MR) is 95.9 cm³/mol. The number of unbranched alkanes of at least 4 members (excludes halogenated alkanes) is 1. The van der Waals surface area contributed by atoms with Crippen molar-refractivity contribution in [3.05, 3.63) is 41.0 Å². The third-order valence-electron chi connectivity index (χ3n) is 4.96. The van der Waals surface area contributed by atoms with Crippen molar-refractivity contribution in [1.29, 1.82) is 0 Å². The van der Waals surface area contributed by atoms with Gasteiger partial charge in [0.05, 0.1) is 11.8 Å². The van der Waals surface area contributed by atoms with Gasteiger partial charge in [0.25, 0.3) is 0 Å². The summed E-state index contributed by atoms with van der Waals surface area (Å²) in [5, 5.41) is 12.3. The number of aryl methyl sites for hydroxylation is 1. The second-order valence-corrected chi connectivity index (χ2v) is 6.81. The normalized spacial score (nSPS) is 20.8. The fourth-order valence-electron chi connectivity index (χ4n) is 3.20. The first kappa shape index (κ1) is 18.2. The monoisotopic (exact) mass is 329 g/mol. The first-order chi connectivity index (χ1) is 11.4. The van der Waals surface area contributed by atoms with Gasteiger partial charge in [-0.3, -0.25) is 9.59 Å². The molecule has 0 saturated heterocycles. The molecular formula is C20H27NO3. The predicted octanol–water partition coefficient (Wildman–Crippen LogP) is 4.41. The summed E-state index contributed by atoms with van der Waals surface area (Å²) in [6.45, 7) is 6.10. The van der Waals surface area contributed by atoms with Crippen LogP contribution in [0.25, 0.3) is 0 Å². The second kappa shape index (κ2) is 8.13. The number of carbonyl (C=O) groups is 2. The number of carboxylic acids is 1. The van der Waals surface area contributed by atoms with Gasteiger partial charge in [-0.05, 0) is 57.2 Å². The third kappa shape index (κ3) is 4.47. The number of benzene rings is 1. The Morgan fingerprint density at radius 2 is 1.67 bits per heavy atom. The minimum Gasteiger partial charge on any atom is -0.481 e. The summed E-state index contributed by atoms with van der Waals surface area (Å²) in [6.07, 6.45) is 4.32. The quantitative estimate of drug-likeness (QED) is 0.759. The van der Waals surface area contributed by atoms with E-state index in [9.17, 15) is 14.7 Å². The Labute approximate surface area is 144 Å². The number of carbonyl (C=O) groups excluding carboxylic acids is 1. The largest absolute Gasteiger partial charge is 0.481 e. The molecule has 4 heteroatoms. The number of rotatable bonds is 6. The van der Waals surface area contributed by atoms with E-state index in [1.807, 2.05) is 38.1 Å². The molecule has 130 valence electrons. The van der Waals surface area contributed by atoms with Gasteiger partial charge in [-0.1, -0.05) is 36.6 Å². The van der Waals surface area contributed by atoms with Crippen LogP contribution in [0, 0.1) is 11.8 Å². The molecule has 24 heavy (non-hydrogen) atoms. The van der Waals surface area contributed by atoms with Gasteiger partial charge in [0.1, 0.15) is 0 Å². The van der Waals surface area contributed by atoms with E-state index in [4.69, 9.17) is 0 Å². The molecule has 0 saturated carbocycles. The molecule has 0 aliphatic heterocycles. The van der Waals surface area contributed by atoms with E-state index in [1.165, 1.54) is 5.56 Å². The molecule has 2 rings (SSSR count). The summed E-state index contributed by atoms with van der Waals surface area (Å²) in [6, 6.07) is 7.84. The Hall–Kier alpha value is -2.10. The lowest BCUT2D eigenvalue weighted by molar-refractivity contribution is -0.146. The van der Waals surface area contributed by atoms with E-state index >= 15 is 0 Å². The Morgan fingerprint density at radius 1 is 1.08 bits per heavy atom. The molecule has 1 aromatic rings. The number of amides is 1. The number of carboxylic acid groups (broad SMARTS) is 1. The van der Waals surface area contributed by atoms with Crippen LogP contribution in [0.3, 0.4) is 0 Å². The minimum absolute atomic E-state index is 0.199. The van der Waals surface area contributed by atoms with E-state index in [-0.39, 0.29) is 5.91 Å². The van der Waals surface area contributed by atoms with Crippen molar-refractivity contribution in [3.63, 3.8) is 0 Å². The van der Waals surface area contributed by atoms with Crippen molar-refractivity contribution in [1.82, 2.24) is 0 Å². The summed E-state index contributed by atoms with van der Waals surface area (Å²) < 4.78 is 0. The molecule has 0 radical (unpaired) electrons. The van der Waals surface area contributed by atoms with Crippen LogP contribution >= 0.6 is 0 Å². The van der Waals surface area contributed by atoms with Gasteiger partial charge in [0.15, 0.2) is 0 Å². The Bertz CT molecular complexity index is 631. The molecule has 1 aliphatic carbocycles. The molecule has 0 bridgehead atoms. The Morgan fingerprint density at radius 3 is 2.21 bits per heavy atom. The average Bonchev–Trinajstić information content (AvgIpc) is 2.56. The average molecular weight is 329 g/mol. The van der Waals surface area contributed by atoms with E-state index < -0.39 is 17.8 Å². The van der Waals surface area contributed by atoms with Gasteiger partial charge in [-0.15, -0.1) is 0 Å². The maximum atomic E-state index is 12.6. The molecule has 0 aromatic heterocycles. The van der Waals surface area contributed by atoms with Crippen LogP contribution in [-0.2, 0) is 16.0 Å². The molecule has 2 N–H and O–H groups in total. The summed E-state index contributed by atoms with van der Waals surface area (Å²) in [7, 11) is 0. The molecule has 1 aromatic carbocycles. The maximum Gasteiger partial charge on any atom is 0.307 e. The number of hydrogen-bond acceptors (Lipinski definition) is 2. The van der Waals surface area contributed by atoms with Crippen LogP contribution in [0.15, 0.2) is 35.4 Å². The Kier molecular flexibility index (Phi) is 6.18. The van der Waals surface area contributed by atoms with Crippen molar-refractivity contribution in [2.45, 2.75) is 52.9 Å². The summed E-state index contributed by atoms with van der Waals surface area (Å²) >= 11 is 0. The highest BCUT2D eigenvalue weighted by Gasteiger charge is 2.37. The highest BCUT2D eigenvalue weighted by atomic mass is 16.4. The smallest absolute Gasteiger partial charge is 0.307 e. The molecule has 2 atom stereocenters. The third-order valence-corrected chi connectivity index (χ3v) is 4.96. The number of aliphatic carboxylic acids is 1. The van der Waals surface area contributed by atoms with Gasteiger partial charge in [0, 0.05) is 5.69 Å². The van der Waals surface area contributed by atoms with Gasteiger partial charge in [-0.2, -0.15) is 0 Å². The van der Waals surface area contributed by atoms with Gasteiger partial charge < -0.3 is 10.4 Å². The molecular weight excluding hydrogens is 302 g/mol. The fraction of sp³-hybridized carbons (Fsp3) is 0.500. The van der Waals surface area contributed by atoms with Gasteiger partial charge in [-0.25, -0.2) is 0 Å². The summed E-state index contributed by atoms with van der Waals surface area (Å²) in [4.78, 5) is 24.1. The SMILES string of the molecule is CCCCc1ccc(NC(=O)[C@H]2CC(C)=C(C)C[C@H]2C(=O)O)cc1. The van der Waals surface area contributed by atoms with E-state index in [0.29, 0.717) is 12.8 Å². The van der Waals surface area contributed by atoms with Gasteiger partial charge in [0.2, 0.25) is 5.91 Å². The lowest BCUT2D eigenvalue weighted by Crippen LogP contribution is -2.36. The van der Waals surface area contributed by atoms with E-state index in [2.05, 4.69) is 12.2 Å². The van der Waals surface area contributed by atoms with Crippen LogP contribution in [0.1, 0.15) is 52.0 Å². The van der Waals surface area contributed by atoms with Crippen LogP contribution in [-0.4, -0.2) is 17.0 Å². The zero-order valence-electron chi connectivity index (χ0n) is 14.8. The standard InChI is InChI=1S/C20H27NO3/c1-4-5-6-15-7-9-16(10-8-15)21-19(22)17-11-13(2)14(3)12-18(17)20(23)24/h7-10,17-18H,4-6,11-12H2,1-3H3,(H,21,22)(H,23,24)/t17-,18+/m0/s1. The molecule has 1 amide bonds. The lowest BCUT2D eigenvalue weighted by Gasteiger charge is -2.29. The molecule has 0 heterocycles. The number of hydrogen-bond donors (Lipinski definition) is 2. The number of anilines is 1. The second-order valence-electron chi connectivity index (χ2n) is 6.81. The number of nitrogens with one attached hydrogen (secondary N) is 1. The first-order valence-electron chi connectivity index (χ1n) is 8.70. The van der Waals surface area contributed by atoms with E-state index in [0.717, 1.165) is 36.1 Å². The van der Waals surface area contributed by atoms with Crippen LogP contribution < -0.4 is 5.32 Å². The maximum absolute atomic E-state index is 12.6. The zero-order chi connectivity index (χ0) is 17.7. The van der Waals surface area contributed by atoms with Crippen molar-refractivity contribution < 1.29 is 14.7 Å². The van der Waals surface area contributed by atoms with Crippen LogP contribution in [0.2, 0.25) is 0 Å². The molecule has 0 fully saturated rings. The van der Waals surface area contributed by atoms with Crippen LogP contribution in [0.5, 0.6) is 0 Å². The molecule has 4 nitrogen and oxygen atoms in total. The Balaban J connectivity index is 2.06. The van der Waals surface area contributed by atoms with Crippen LogP contribution in [0.4, 0.5) is 5.69 Å². The van der Waals surface area contributed by atoms with Crippen molar-refractivity contribution in [3.8, 4) is 0 Å². The van der Waals surface area contributed by atoms with Gasteiger partial charge >= 0.3 is 5.97 Å². The fourth-order valence-corrected chi connectivity index (χ4v) is 3.20. The van der Waals surface area contributed by atoms with E-state index in [1.54, 1.807) is 0 Å². The topological polar surface area (TPSA) is 66.4 Å². The molecule has 0 unspecified atom stereocenters. The lowest BCUT2D eigenvalue weighted by atomic mass is 9.76. The first-order valence-corrected chi connectivity index (χ1v) is 8.70. The highest BCUT2D eigenvalue weighted by Crippen LogP contribution is 2.35. The summed E-state index contributed by atoms with van der Waals surface area (Å²) in [5.41, 5.74) is 4.20. The highest BCUT2D eigenvalue weighted by molar-refractivity contribution is 5.95. The van der Waals surface area contributed by atoms with Crippen molar-refractivity contribution >= 4 is 17.6 Å². The minimum atomic E-state index is -0.892. The summed E-state index contributed by atoms with van der Waals surface area (Å²) in [5.74, 6) is -2.24. The van der Waals surface area contributed by atoms with Crippen molar-refractivity contribution in [2.75, 3.05) is 5.32 Å². The molecule has 1 aliphatic rings. The number of allylic oxidation sites excluding steroid dienone is 2. The molecule has 0 spiro atoms.